The van der Waals surface area contributed by atoms with E-state index < -0.39 is 47.0 Å². The third-order valence-corrected chi connectivity index (χ3v) is 9.46. The molecule has 0 aliphatic carbocycles. The molecule has 0 radical (unpaired) electrons. The maximum absolute atomic E-state index is 13.3. The van der Waals surface area contributed by atoms with Gasteiger partial charge >= 0.3 is 11.9 Å². The van der Waals surface area contributed by atoms with Crippen LogP contribution in [0.1, 0.15) is 19.5 Å². The number of aliphatic carboxylic acids is 2. The van der Waals surface area contributed by atoms with Crippen molar-refractivity contribution in [2.24, 2.45) is 10.9 Å². The van der Waals surface area contributed by atoms with Gasteiger partial charge in [0.25, 0.3) is 11.8 Å². The maximum Gasteiger partial charge on any atom is 0.352 e. The average Bonchev–Trinajstić information content (AvgIpc) is 3.48. The molecule has 5 rings (SSSR count). The number of oxime groups is 1. The van der Waals surface area contributed by atoms with Crippen molar-refractivity contribution in [2.75, 3.05) is 17.2 Å². The van der Waals surface area contributed by atoms with Gasteiger partial charge in [-0.05, 0) is 19.9 Å². The molecular weight excluding hydrogens is 650 g/mol. The van der Waals surface area contributed by atoms with Crippen LogP contribution in [0.3, 0.4) is 0 Å². The van der Waals surface area contributed by atoms with Gasteiger partial charge in [-0.2, -0.15) is 4.57 Å². The summed E-state index contributed by atoms with van der Waals surface area (Å²) in [6, 6.07) is 4.24. The molecule has 3 aromatic rings. The Hall–Kier alpha value is -4.39. The Labute approximate surface area is 268 Å². The minimum atomic E-state index is -1.41. The normalized spacial score (nSPS) is 19.6. The van der Waals surface area contributed by atoms with Crippen molar-refractivity contribution in [3.8, 4) is 0 Å². The quantitative estimate of drug-likeness (QED) is 0.0688. The van der Waals surface area contributed by atoms with Crippen LogP contribution in [0.25, 0.3) is 11.0 Å². The van der Waals surface area contributed by atoms with E-state index in [0.29, 0.717) is 17.9 Å². The highest BCUT2D eigenvalue weighted by atomic mass is 35.5. The number of halogens is 1. The number of thiazole rings is 1. The second kappa shape index (κ2) is 12.5. The zero-order valence-electron chi connectivity index (χ0n) is 23.8. The van der Waals surface area contributed by atoms with E-state index in [9.17, 15) is 24.3 Å². The minimum absolute atomic E-state index is 0.00974. The first-order chi connectivity index (χ1) is 21.3. The van der Waals surface area contributed by atoms with Gasteiger partial charge in [-0.25, -0.2) is 14.6 Å². The Morgan fingerprint density at radius 3 is 2.67 bits per heavy atom. The fourth-order valence-electron chi connectivity index (χ4n) is 4.97. The summed E-state index contributed by atoms with van der Waals surface area (Å²) in [4.78, 5) is 60.4. The maximum atomic E-state index is 13.3. The largest absolute Gasteiger partial charge is 0.478 e. The Bertz CT molecular complexity index is 1790. The molecule has 2 aliphatic rings. The number of hydrogen-bond acceptors (Lipinski definition) is 12. The molecule has 9 N–H and O–H groups in total. The number of nitrogens with zero attached hydrogens (tertiary/aromatic N) is 5. The van der Waals surface area contributed by atoms with Gasteiger partial charge < -0.3 is 42.1 Å². The lowest BCUT2D eigenvalue weighted by atomic mass is 10.0. The summed E-state index contributed by atoms with van der Waals surface area (Å²) in [5.74, 6) is -3.48. The van der Waals surface area contributed by atoms with Crippen LogP contribution in [0.5, 0.6) is 0 Å². The van der Waals surface area contributed by atoms with Gasteiger partial charge in [0, 0.05) is 30.0 Å². The van der Waals surface area contributed by atoms with Gasteiger partial charge in [0.05, 0.1) is 6.07 Å². The number of β-lactam (4-membered cyclic amide) rings is 1. The van der Waals surface area contributed by atoms with Crippen molar-refractivity contribution >= 4 is 86.1 Å². The predicted molar refractivity (Wildman–Crippen MR) is 166 cm³/mol. The van der Waals surface area contributed by atoms with Gasteiger partial charge in [-0.15, -0.1) is 11.8 Å². The second-order valence-corrected chi connectivity index (χ2v) is 13.1. The fourth-order valence-corrected chi connectivity index (χ4v) is 7.24. The molecule has 0 aromatic carbocycles. The Morgan fingerprint density at radius 2 is 2.04 bits per heavy atom. The molecule has 0 saturated carbocycles. The number of fused-ring (bicyclic) bond motifs is 2. The van der Waals surface area contributed by atoms with E-state index in [-0.39, 0.29) is 39.2 Å². The molecule has 45 heavy (non-hydrogen) atoms. The molecule has 2 amide bonds. The number of rotatable bonds is 11. The number of anilines is 2. The van der Waals surface area contributed by atoms with Crippen LogP contribution in [-0.2, 0) is 37.1 Å². The van der Waals surface area contributed by atoms with Crippen LogP contribution in [0.15, 0.2) is 40.8 Å². The number of carbonyl (C=O) groups is 4. The number of aromatic nitrogens is 3. The zero-order chi connectivity index (χ0) is 32.7. The third-order valence-electron chi connectivity index (χ3n) is 7.04. The third kappa shape index (κ3) is 6.13. The van der Waals surface area contributed by atoms with Crippen molar-refractivity contribution < 1.29 is 38.8 Å². The number of carbonyl (C=O) groups excluding carboxylic acids is 2. The Balaban J connectivity index is 1.40. The van der Waals surface area contributed by atoms with Gasteiger partial charge in [0.15, 0.2) is 23.6 Å². The summed E-state index contributed by atoms with van der Waals surface area (Å²) < 4.78 is 3.74. The molecule has 0 bridgehead atoms. The highest BCUT2D eigenvalue weighted by Crippen LogP contribution is 2.40. The number of hydrogen-bond donors (Lipinski definition) is 6. The lowest BCUT2D eigenvalue weighted by Crippen LogP contribution is -2.71. The fraction of sp³-hybridized carbons (Fsp3) is 0.346. The van der Waals surface area contributed by atoms with Crippen LogP contribution in [0, 0.1) is 0 Å². The van der Waals surface area contributed by atoms with E-state index in [1.807, 2.05) is 28.2 Å². The molecule has 19 heteroatoms. The van der Waals surface area contributed by atoms with E-state index in [4.69, 9.17) is 38.7 Å². The second-order valence-electron chi connectivity index (χ2n) is 10.4. The summed E-state index contributed by atoms with van der Waals surface area (Å²) >= 11 is 8.30. The van der Waals surface area contributed by atoms with Gasteiger partial charge in [-0.1, -0.05) is 28.1 Å². The summed E-state index contributed by atoms with van der Waals surface area (Å²) in [6.07, 6.45) is 0.383. The highest BCUT2D eigenvalue weighted by Gasteiger charge is 2.55. The molecule has 3 aromatic heterocycles. The van der Waals surface area contributed by atoms with Crippen LogP contribution in [0.4, 0.5) is 10.9 Å². The van der Waals surface area contributed by atoms with E-state index in [1.165, 1.54) is 18.7 Å². The summed E-state index contributed by atoms with van der Waals surface area (Å²) in [7, 11) is 0. The summed E-state index contributed by atoms with van der Waals surface area (Å²) in [5, 5.41) is 24.8. The number of nitrogen functional groups attached to an aromatic ring is 2. The van der Waals surface area contributed by atoms with Crippen molar-refractivity contribution in [3.63, 3.8) is 0 Å². The molecule has 16 nitrogen and oxygen atoms in total. The topological polar surface area (TPSA) is 245 Å². The predicted octanol–water partition coefficient (Wildman–Crippen LogP) is 0.183. The highest BCUT2D eigenvalue weighted by molar-refractivity contribution is 8.00. The van der Waals surface area contributed by atoms with E-state index in [0.717, 1.165) is 27.3 Å². The van der Waals surface area contributed by atoms with Crippen molar-refractivity contribution in [1.29, 1.82) is 0 Å². The molecule has 238 valence electrons. The molecule has 5 heterocycles. The van der Waals surface area contributed by atoms with Crippen LogP contribution < -0.4 is 27.1 Å². The van der Waals surface area contributed by atoms with Gasteiger partial charge in [0.2, 0.25) is 11.6 Å². The minimum Gasteiger partial charge on any atom is -0.478 e. The number of amides is 2. The molecule has 4 atom stereocenters. The monoisotopic (exact) mass is 678 g/mol. The Kier molecular flexibility index (Phi) is 8.92. The molecule has 0 spiro atoms. The first-order valence-corrected chi connectivity index (χ1v) is 15.6. The number of carboxylic acid groups (broad SMARTS) is 2. The van der Waals surface area contributed by atoms with Crippen molar-refractivity contribution in [2.45, 2.75) is 50.5 Å². The first kappa shape index (κ1) is 32.0. The first-order valence-electron chi connectivity index (χ1n) is 13.4. The number of nitrogens with one attached hydrogen (secondary N) is 1. The van der Waals surface area contributed by atoms with Crippen LogP contribution >= 0.6 is 34.7 Å². The SMILES string of the molecule is C[C@H](N)Cn1c(N)cc2c1ccc[n+]2CC1=C(C(=O)O)N2C(=O)[C@@H](NC(=O)C(=NO[C@@H](C)C(=O)O)c3nc(N)sc3Cl)C2SC1. The molecule has 2 aliphatic heterocycles. The lowest BCUT2D eigenvalue weighted by Gasteiger charge is -2.49. The lowest BCUT2D eigenvalue weighted by molar-refractivity contribution is -0.663. The molecule has 1 saturated heterocycles. The number of pyridine rings is 1. The van der Waals surface area contributed by atoms with Gasteiger partial charge in [0.1, 0.15) is 38.5 Å². The molecular formula is C26H29ClN9O7S2+. The Morgan fingerprint density at radius 1 is 1.31 bits per heavy atom. The van der Waals surface area contributed by atoms with E-state index >= 15 is 0 Å². The standard InChI is InChI=1S/C26H28ClN9O7S2/c1-10(28)7-35-13-4-3-5-34(14(13)6-15(35)29)8-12-9-44-23-18(22(38)36(23)19(12)25(41)42)31-21(37)17(33-43-11(2)24(39)40)16-20(27)45-26(30)32-16/h3-6,10-11,18,23,29H,7-9,28H2,1-2H3,(H5,30,31,32,37,39,40,41,42)/p+1/t10-,11-,18+,23?/m0/s1. The number of carboxylic acids is 2. The molecule has 1 unspecified atom stereocenters. The van der Waals surface area contributed by atoms with E-state index in [2.05, 4.69) is 15.5 Å². The summed E-state index contributed by atoms with van der Waals surface area (Å²) in [5.41, 5.74) is 19.2. The number of thioether (sulfide) groups is 1. The summed E-state index contributed by atoms with van der Waals surface area (Å²) in [6.45, 7) is 3.73. The van der Waals surface area contributed by atoms with Crippen molar-refractivity contribution in [3.05, 3.63) is 45.7 Å². The zero-order valence-corrected chi connectivity index (χ0v) is 26.2. The smallest absolute Gasteiger partial charge is 0.352 e. The van der Waals surface area contributed by atoms with Crippen LogP contribution in [-0.4, -0.2) is 83.4 Å². The average molecular weight is 679 g/mol. The molecule has 1 fully saturated rings. The van der Waals surface area contributed by atoms with Gasteiger partial charge in [-0.3, -0.25) is 14.5 Å². The van der Waals surface area contributed by atoms with Crippen LogP contribution in [0.2, 0.25) is 4.34 Å². The van der Waals surface area contributed by atoms with Crippen molar-refractivity contribution in [1.82, 2.24) is 19.8 Å². The van der Waals surface area contributed by atoms with E-state index in [1.54, 1.807) is 12.3 Å². The number of nitrogens with two attached hydrogens (primary N) is 3.